The zero-order valence-corrected chi connectivity index (χ0v) is 12.9. The van der Waals surface area contributed by atoms with E-state index in [1.807, 2.05) is 0 Å². The fourth-order valence-corrected chi connectivity index (χ4v) is 2.31. The lowest BCUT2D eigenvalue weighted by Crippen LogP contribution is -2.45. The number of methoxy groups -OCH3 is 1. The maximum atomic E-state index is 6.04. The van der Waals surface area contributed by atoms with Crippen molar-refractivity contribution >= 4 is 0 Å². The summed E-state index contributed by atoms with van der Waals surface area (Å²) >= 11 is 0. The number of ether oxygens (including phenoxy) is 1. The van der Waals surface area contributed by atoms with Crippen molar-refractivity contribution in [2.24, 2.45) is 5.73 Å². The Morgan fingerprint density at radius 2 is 1.95 bits per heavy atom. The Bertz CT molecular complexity index is 390. The number of nitrogens with zero attached hydrogens (tertiary/aromatic N) is 1. The van der Waals surface area contributed by atoms with Gasteiger partial charge in [-0.1, -0.05) is 31.2 Å². The van der Waals surface area contributed by atoms with Gasteiger partial charge in [0.05, 0.1) is 6.61 Å². The van der Waals surface area contributed by atoms with Crippen LogP contribution in [0.25, 0.3) is 0 Å². The minimum atomic E-state index is 0.129. The van der Waals surface area contributed by atoms with Gasteiger partial charge in [0.25, 0.3) is 0 Å². The lowest BCUT2D eigenvalue weighted by atomic mass is 9.93. The first kappa shape index (κ1) is 16.2. The normalized spacial score (nSPS) is 13.8. The summed E-state index contributed by atoms with van der Waals surface area (Å²) in [5.41, 5.74) is 8.66. The van der Waals surface area contributed by atoms with Crippen molar-refractivity contribution in [3.63, 3.8) is 0 Å². The lowest BCUT2D eigenvalue weighted by molar-refractivity contribution is 0.0982. The molecule has 0 saturated heterocycles. The van der Waals surface area contributed by atoms with E-state index < -0.39 is 0 Å². The summed E-state index contributed by atoms with van der Waals surface area (Å²) in [4.78, 5) is 2.38. The summed E-state index contributed by atoms with van der Waals surface area (Å²) < 4.78 is 5.30. The van der Waals surface area contributed by atoms with Gasteiger partial charge in [0, 0.05) is 25.2 Å². The highest BCUT2D eigenvalue weighted by Crippen LogP contribution is 2.30. The van der Waals surface area contributed by atoms with E-state index in [4.69, 9.17) is 10.5 Å². The molecule has 0 spiro atoms. The molecule has 1 atom stereocenters. The Kier molecular flexibility index (Phi) is 5.98. The van der Waals surface area contributed by atoms with Gasteiger partial charge in [0.2, 0.25) is 0 Å². The average molecular weight is 264 g/mol. The predicted octanol–water partition coefficient (Wildman–Crippen LogP) is 2.95. The van der Waals surface area contributed by atoms with E-state index in [0.717, 1.165) is 6.42 Å². The van der Waals surface area contributed by atoms with Gasteiger partial charge in [-0.2, -0.15) is 0 Å². The van der Waals surface area contributed by atoms with E-state index in [1.165, 1.54) is 11.1 Å². The van der Waals surface area contributed by atoms with Crippen molar-refractivity contribution in [1.82, 2.24) is 4.90 Å². The van der Waals surface area contributed by atoms with E-state index in [-0.39, 0.29) is 11.6 Å². The third kappa shape index (κ3) is 3.78. The van der Waals surface area contributed by atoms with Crippen LogP contribution in [0.2, 0.25) is 0 Å². The topological polar surface area (TPSA) is 38.5 Å². The van der Waals surface area contributed by atoms with E-state index in [9.17, 15) is 0 Å². The third-order valence-corrected chi connectivity index (χ3v) is 4.22. The van der Waals surface area contributed by atoms with E-state index in [0.29, 0.717) is 13.2 Å². The van der Waals surface area contributed by atoms with Gasteiger partial charge in [-0.15, -0.1) is 0 Å². The second-order valence-corrected chi connectivity index (χ2v) is 5.66. The molecule has 1 unspecified atom stereocenters. The van der Waals surface area contributed by atoms with Crippen LogP contribution < -0.4 is 5.73 Å². The summed E-state index contributed by atoms with van der Waals surface area (Å²) in [5.74, 6) is 0. The molecule has 0 aliphatic heterocycles. The fraction of sp³-hybridized carbons (Fsp3) is 0.625. The maximum Gasteiger partial charge on any atom is 0.0716 e. The van der Waals surface area contributed by atoms with Crippen molar-refractivity contribution in [3.05, 3.63) is 35.4 Å². The number of benzene rings is 1. The summed E-state index contributed by atoms with van der Waals surface area (Å²) in [6.07, 6.45) is 1.09. The summed E-state index contributed by atoms with van der Waals surface area (Å²) in [7, 11) is 3.89. The molecule has 1 aromatic rings. The fourth-order valence-electron chi connectivity index (χ4n) is 2.31. The van der Waals surface area contributed by atoms with Crippen LogP contribution in [-0.4, -0.2) is 31.1 Å². The van der Waals surface area contributed by atoms with Crippen molar-refractivity contribution in [2.75, 3.05) is 20.7 Å². The Morgan fingerprint density at radius 1 is 1.32 bits per heavy atom. The van der Waals surface area contributed by atoms with Crippen LogP contribution in [0.1, 0.15) is 44.4 Å². The van der Waals surface area contributed by atoms with E-state index in [2.05, 4.69) is 57.0 Å². The van der Waals surface area contributed by atoms with Crippen LogP contribution in [0.4, 0.5) is 0 Å². The molecule has 0 radical (unpaired) electrons. The molecule has 0 heterocycles. The SMILES string of the molecule is CCC(C)(C)N(C)C(CN)c1ccccc1COC. The summed E-state index contributed by atoms with van der Waals surface area (Å²) in [6.45, 7) is 7.97. The molecule has 0 aromatic heterocycles. The third-order valence-electron chi connectivity index (χ3n) is 4.22. The van der Waals surface area contributed by atoms with Gasteiger partial charge in [-0.05, 0) is 38.4 Å². The molecule has 0 aliphatic carbocycles. The molecule has 3 nitrogen and oxygen atoms in total. The Hall–Kier alpha value is -0.900. The highest BCUT2D eigenvalue weighted by molar-refractivity contribution is 5.30. The van der Waals surface area contributed by atoms with Crippen molar-refractivity contribution < 1.29 is 4.74 Å². The first-order valence-corrected chi connectivity index (χ1v) is 6.97. The zero-order chi connectivity index (χ0) is 14.5. The van der Waals surface area contributed by atoms with Crippen LogP contribution in [0.3, 0.4) is 0 Å². The molecule has 1 rings (SSSR count). The number of hydrogen-bond donors (Lipinski definition) is 1. The largest absolute Gasteiger partial charge is 0.380 e. The number of hydrogen-bond acceptors (Lipinski definition) is 3. The second-order valence-electron chi connectivity index (χ2n) is 5.66. The average Bonchev–Trinajstić information content (AvgIpc) is 2.41. The van der Waals surface area contributed by atoms with Crippen LogP contribution in [-0.2, 0) is 11.3 Å². The second kappa shape index (κ2) is 7.04. The molecule has 0 fully saturated rings. The first-order valence-electron chi connectivity index (χ1n) is 6.97. The molecule has 19 heavy (non-hydrogen) atoms. The van der Waals surface area contributed by atoms with Gasteiger partial charge >= 0.3 is 0 Å². The molecule has 2 N–H and O–H groups in total. The number of likely N-dealkylation sites (N-methyl/N-ethyl adjacent to an activating group) is 1. The predicted molar refractivity (Wildman–Crippen MR) is 81.1 cm³/mol. The van der Waals surface area contributed by atoms with Crippen molar-refractivity contribution in [2.45, 2.75) is 45.4 Å². The molecule has 0 bridgehead atoms. The molecule has 1 aromatic carbocycles. The monoisotopic (exact) mass is 264 g/mol. The van der Waals surface area contributed by atoms with Crippen molar-refractivity contribution in [1.29, 1.82) is 0 Å². The maximum absolute atomic E-state index is 6.04. The molecule has 0 amide bonds. The lowest BCUT2D eigenvalue weighted by Gasteiger charge is -2.41. The molecule has 0 aliphatic rings. The highest BCUT2D eigenvalue weighted by Gasteiger charge is 2.29. The van der Waals surface area contributed by atoms with Crippen molar-refractivity contribution in [3.8, 4) is 0 Å². The summed E-state index contributed by atoms with van der Waals surface area (Å²) in [5, 5.41) is 0. The van der Waals surface area contributed by atoms with E-state index in [1.54, 1.807) is 7.11 Å². The van der Waals surface area contributed by atoms with Gasteiger partial charge in [0.1, 0.15) is 0 Å². The van der Waals surface area contributed by atoms with Crippen LogP contribution in [0.15, 0.2) is 24.3 Å². The van der Waals surface area contributed by atoms with Gasteiger partial charge in [0.15, 0.2) is 0 Å². The Morgan fingerprint density at radius 3 is 2.47 bits per heavy atom. The minimum absolute atomic E-state index is 0.129. The molecule has 0 saturated carbocycles. The zero-order valence-electron chi connectivity index (χ0n) is 12.9. The minimum Gasteiger partial charge on any atom is -0.380 e. The van der Waals surface area contributed by atoms with Gasteiger partial charge < -0.3 is 10.5 Å². The van der Waals surface area contributed by atoms with Gasteiger partial charge in [-0.3, -0.25) is 4.90 Å². The summed E-state index contributed by atoms with van der Waals surface area (Å²) in [6, 6.07) is 8.63. The highest BCUT2D eigenvalue weighted by atomic mass is 16.5. The molecule has 3 heteroatoms. The van der Waals surface area contributed by atoms with Crippen LogP contribution >= 0.6 is 0 Å². The quantitative estimate of drug-likeness (QED) is 0.823. The first-order chi connectivity index (χ1) is 8.97. The smallest absolute Gasteiger partial charge is 0.0716 e. The number of nitrogens with two attached hydrogens (primary N) is 1. The van der Waals surface area contributed by atoms with E-state index >= 15 is 0 Å². The molecular weight excluding hydrogens is 236 g/mol. The standard InChI is InChI=1S/C16H28N2O/c1-6-16(2,3)18(4)15(11-17)14-10-8-7-9-13(14)12-19-5/h7-10,15H,6,11-12,17H2,1-5H3. The Balaban J connectivity index is 3.09. The molecular formula is C16H28N2O. The number of rotatable bonds is 7. The van der Waals surface area contributed by atoms with Crippen LogP contribution in [0.5, 0.6) is 0 Å². The molecule has 108 valence electrons. The Labute approximate surface area is 117 Å². The van der Waals surface area contributed by atoms with Crippen LogP contribution in [0, 0.1) is 0 Å². The van der Waals surface area contributed by atoms with Gasteiger partial charge in [-0.25, -0.2) is 0 Å².